The number of aliphatic carboxylic acids is 1. The average molecular weight is 398 g/mol. The van der Waals surface area contributed by atoms with E-state index >= 15 is 0 Å². The molecule has 2 aromatic rings. The number of nitrogens with zero attached hydrogens (tertiary/aromatic N) is 4. The first kappa shape index (κ1) is 19.9. The number of anilines is 3. The maximum atomic E-state index is 10.7. The summed E-state index contributed by atoms with van der Waals surface area (Å²) in [5.41, 5.74) is 2.76. The van der Waals surface area contributed by atoms with Crippen molar-refractivity contribution < 1.29 is 9.90 Å². The number of benzene rings is 1. The highest BCUT2D eigenvalue weighted by molar-refractivity contribution is 7.85. The van der Waals surface area contributed by atoms with Crippen LogP contribution in [-0.2, 0) is 4.79 Å². The Kier molecular flexibility index (Phi) is 6.67. The van der Waals surface area contributed by atoms with E-state index < -0.39 is 5.97 Å². The number of carboxylic acid groups (broad SMARTS) is 1. The summed E-state index contributed by atoms with van der Waals surface area (Å²) in [5.74, 6) is -0.593. The Balaban J connectivity index is 1.69. The van der Waals surface area contributed by atoms with E-state index in [1.807, 2.05) is 12.1 Å². The third kappa shape index (κ3) is 5.58. The molecule has 7 nitrogen and oxygen atoms in total. The van der Waals surface area contributed by atoms with Crippen molar-refractivity contribution >= 4 is 42.0 Å². The molecule has 8 heteroatoms. The first-order chi connectivity index (χ1) is 13.5. The van der Waals surface area contributed by atoms with Gasteiger partial charge in [-0.15, -0.1) is 12.6 Å². The van der Waals surface area contributed by atoms with Gasteiger partial charge in [-0.05, 0) is 43.5 Å². The summed E-state index contributed by atoms with van der Waals surface area (Å²) in [7, 11) is 2.14. The van der Waals surface area contributed by atoms with E-state index in [1.54, 1.807) is 24.4 Å². The molecule has 0 aliphatic carbocycles. The summed E-state index contributed by atoms with van der Waals surface area (Å²) in [5, 5.41) is 12.0. The van der Waals surface area contributed by atoms with Crippen LogP contribution in [0, 0.1) is 0 Å². The minimum absolute atomic E-state index is 0.0376. The molecule has 0 atom stereocenters. The Morgan fingerprint density at radius 1 is 1.25 bits per heavy atom. The first-order valence-corrected chi connectivity index (χ1v) is 9.40. The standard InChI is InChI=1S/C20H23N5O2S/c1-24-10-12-25(13-11-24)17-6-2-5-16(14-17)23-20-21-9-8-15(22-20)4-3-7-18(28)19(26)27/h2-9,14,28H,10-13H2,1H3,(H,26,27)(H,21,22,23)/b4-3+,18-7-. The largest absolute Gasteiger partial charge is 0.477 e. The van der Waals surface area contributed by atoms with Gasteiger partial charge in [0.25, 0.3) is 0 Å². The number of likely N-dealkylation sites (N-methyl/N-ethyl adjacent to an activating group) is 1. The summed E-state index contributed by atoms with van der Waals surface area (Å²) in [4.78, 5) is 24.1. The van der Waals surface area contributed by atoms with E-state index in [-0.39, 0.29) is 4.91 Å². The van der Waals surface area contributed by atoms with Crippen LogP contribution in [-0.4, -0.2) is 59.2 Å². The van der Waals surface area contributed by atoms with Gasteiger partial charge in [0.2, 0.25) is 5.95 Å². The van der Waals surface area contributed by atoms with Crippen molar-refractivity contribution in [2.75, 3.05) is 43.4 Å². The summed E-state index contributed by atoms with van der Waals surface area (Å²) in [6, 6.07) is 9.95. The Hall–Kier alpha value is -2.84. The minimum atomic E-state index is -1.07. The molecule has 0 spiro atoms. The molecular weight excluding hydrogens is 374 g/mol. The number of carboxylic acids is 1. The second kappa shape index (κ2) is 9.38. The van der Waals surface area contributed by atoms with Crippen molar-refractivity contribution in [3.05, 3.63) is 59.3 Å². The van der Waals surface area contributed by atoms with Gasteiger partial charge in [0, 0.05) is 43.8 Å². The van der Waals surface area contributed by atoms with Crippen LogP contribution in [0.2, 0.25) is 0 Å². The van der Waals surface area contributed by atoms with Gasteiger partial charge in [-0.2, -0.15) is 0 Å². The van der Waals surface area contributed by atoms with Crippen molar-refractivity contribution in [1.82, 2.24) is 14.9 Å². The molecular formula is C20H23N5O2S. The van der Waals surface area contributed by atoms with E-state index in [2.05, 4.69) is 56.9 Å². The molecule has 1 aromatic heterocycles. The molecule has 0 unspecified atom stereocenters. The zero-order valence-corrected chi connectivity index (χ0v) is 16.5. The SMILES string of the molecule is CN1CCN(c2cccc(Nc3nccc(/C=C/C=C(\S)C(=O)O)n3)c2)CC1. The van der Waals surface area contributed by atoms with Crippen LogP contribution < -0.4 is 10.2 Å². The highest BCUT2D eigenvalue weighted by Crippen LogP contribution is 2.22. The number of hydrogen-bond donors (Lipinski definition) is 3. The Labute approximate surface area is 169 Å². The fraction of sp³-hybridized carbons (Fsp3) is 0.250. The van der Waals surface area contributed by atoms with Gasteiger partial charge in [-0.1, -0.05) is 12.1 Å². The van der Waals surface area contributed by atoms with Crippen LogP contribution in [0.4, 0.5) is 17.3 Å². The lowest BCUT2D eigenvalue weighted by molar-refractivity contribution is -0.131. The van der Waals surface area contributed by atoms with Crippen molar-refractivity contribution in [2.45, 2.75) is 0 Å². The second-order valence-electron chi connectivity index (χ2n) is 6.49. The first-order valence-electron chi connectivity index (χ1n) is 8.95. The monoisotopic (exact) mass is 397 g/mol. The normalized spacial score (nSPS) is 15.8. The van der Waals surface area contributed by atoms with Gasteiger partial charge in [0.1, 0.15) is 0 Å². The van der Waals surface area contributed by atoms with Crippen molar-refractivity contribution in [2.24, 2.45) is 0 Å². The van der Waals surface area contributed by atoms with E-state index in [1.165, 1.54) is 11.8 Å². The Morgan fingerprint density at radius 3 is 2.79 bits per heavy atom. The fourth-order valence-corrected chi connectivity index (χ4v) is 2.90. The number of carbonyl (C=O) groups is 1. The molecule has 0 amide bonds. The molecule has 1 saturated heterocycles. The summed E-state index contributed by atoms with van der Waals surface area (Å²) in [6.45, 7) is 4.13. The quantitative estimate of drug-likeness (QED) is 0.393. The molecule has 28 heavy (non-hydrogen) atoms. The number of hydrogen-bond acceptors (Lipinski definition) is 7. The molecule has 2 N–H and O–H groups in total. The number of allylic oxidation sites excluding steroid dienone is 2. The van der Waals surface area contributed by atoms with Gasteiger partial charge in [0.15, 0.2) is 0 Å². The average Bonchev–Trinajstić information content (AvgIpc) is 2.69. The molecule has 2 heterocycles. The van der Waals surface area contributed by atoms with Crippen LogP contribution in [0.1, 0.15) is 5.69 Å². The van der Waals surface area contributed by atoms with E-state index in [0.29, 0.717) is 11.6 Å². The maximum absolute atomic E-state index is 10.7. The molecule has 3 rings (SSSR count). The lowest BCUT2D eigenvalue weighted by atomic mass is 10.2. The maximum Gasteiger partial charge on any atom is 0.341 e. The number of piperazine rings is 1. The van der Waals surface area contributed by atoms with Gasteiger partial charge in [-0.25, -0.2) is 14.8 Å². The van der Waals surface area contributed by atoms with Gasteiger partial charge < -0.3 is 20.2 Å². The predicted octanol–water partition coefficient (Wildman–Crippen LogP) is 2.88. The molecule has 1 aliphatic heterocycles. The van der Waals surface area contributed by atoms with Crippen molar-refractivity contribution in [3.63, 3.8) is 0 Å². The van der Waals surface area contributed by atoms with Gasteiger partial charge >= 0.3 is 5.97 Å². The van der Waals surface area contributed by atoms with Crippen LogP contribution in [0.25, 0.3) is 6.08 Å². The van der Waals surface area contributed by atoms with Crippen LogP contribution in [0.15, 0.2) is 53.6 Å². The number of thiol groups is 1. The van der Waals surface area contributed by atoms with Crippen LogP contribution >= 0.6 is 12.6 Å². The zero-order valence-electron chi connectivity index (χ0n) is 15.6. The fourth-order valence-electron chi connectivity index (χ4n) is 2.81. The summed E-state index contributed by atoms with van der Waals surface area (Å²) >= 11 is 3.87. The lowest BCUT2D eigenvalue weighted by Gasteiger charge is -2.34. The Bertz CT molecular complexity index is 892. The number of nitrogens with one attached hydrogen (secondary N) is 1. The molecule has 1 fully saturated rings. The molecule has 1 aromatic carbocycles. The lowest BCUT2D eigenvalue weighted by Crippen LogP contribution is -2.44. The molecule has 0 saturated carbocycles. The number of rotatable bonds is 6. The third-order valence-electron chi connectivity index (χ3n) is 4.39. The van der Waals surface area contributed by atoms with E-state index in [9.17, 15) is 4.79 Å². The highest BCUT2D eigenvalue weighted by Gasteiger charge is 2.14. The van der Waals surface area contributed by atoms with Crippen LogP contribution in [0.5, 0.6) is 0 Å². The molecule has 0 bridgehead atoms. The zero-order chi connectivity index (χ0) is 19.9. The van der Waals surface area contributed by atoms with Gasteiger partial charge in [0.05, 0.1) is 10.6 Å². The molecule has 1 aliphatic rings. The summed E-state index contributed by atoms with van der Waals surface area (Å²) in [6.07, 6.45) is 6.35. The second-order valence-corrected chi connectivity index (χ2v) is 6.97. The molecule has 0 radical (unpaired) electrons. The third-order valence-corrected chi connectivity index (χ3v) is 4.73. The van der Waals surface area contributed by atoms with Crippen molar-refractivity contribution in [3.8, 4) is 0 Å². The predicted molar refractivity (Wildman–Crippen MR) is 115 cm³/mol. The van der Waals surface area contributed by atoms with E-state index in [0.717, 1.165) is 31.9 Å². The van der Waals surface area contributed by atoms with Gasteiger partial charge in [-0.3, -0.25) is 0 Å². The Morgan fingerprint density at radius 2 is 2.04 bits per heavy atom. The van der Waals surface area contributed by atoms with E-state index in [4.69, 9.17) is 5.11 Å². The number of aromatic nitrogens is 2. The topological polar surface area (TPSA) is 81.6 Å². The minimum Gasteiger partial charge on any atom is -0.477 e. The van der Waals surface area contributed by atoms with Crippen LogP contribution in [0.3, 0.4) is 0 Å². The molecule has 146 valence electrons. The highest BCUT2D eigenvalue weighted by atomic mass is 32.1. The summed E-state index contributed by atoms with van der Waals surface area (Å²) < 4.78 is 0. The van der Waals surface area contributed by atoms with Crippen molar-refractivity contribution in [1.29, 1.82) is 0 Å². The smallest absolute Gasteiger partial charge is 0.341 e.